The predicted molar refractivity (Wildman–Crippen MR) is 389 cm³/mol. The molecule has 0 amide bonds. The Kier molecular flexibility index (Phi) is 15.8. The Labute approximate surface area is 592 Å². The maximum absolute atomic E-state index is 10.7. The highest BCUT2D eigenvalue weighted by Gasteiger charge is 2.27. The van der Waals surface area contributed by atoms with Crippen LogP contribution in [0.4, 0.5) is 0 Å². The van der Waals surface area contributed by atoms with Gasteiger partial charge in [-0.3, -0.25) is 0 Å². The first kappa shape index (κ1) is 63.2. The van der Waals surface area contributed by atoms with Crippen molar-refractivity contribution in [2.75, 3.05) is 0 Å². The molecule has 3 heterocycles. The summed E-state index contributed by atoms with van der Waals surface area (Å²) in [6.07, 6.45) is 0. The highest BCUT2D eigenvalue weighted by Crippen LogP contribution is 2.47. The Morgan fingerprint density at radius 3 is 0.760 bits per heavy atom. The number of nitriles is 12. The number of aromatic nitrogens is 5. The first-order chi connectivity index (χ1) is 51.0. The Balaban J connectivity index is 1.06. The largest absolute Gasteiger partial charge is 0.309 e. The van der Waals surface area contributed by atoms with Gasteiger partial charge in [0.1, 0.15) is 0 Å². The minimum Gasteiger partial charge on any atom is -0.309 e. The van der Waals surface area contributed by atoms with Gasteiger partial charge in [-0.1, -0.05) is 103 Å². The van der Waals surface area contributed by atoms with Crippen LogP contribution in [0.2, 0.25) is 0 Å². The summed E-state index contributed by atoms with van der Waals surface area (Å²) in [6.45, 7) is 0. The molecule has 0 aliphatic carbocycles. The third kappa shape index (κ3) is 10.5. The van der Waals surface area contributed by atoms with Gasteiger partial charge in [-0.15, -0.1) is 0 Å². The normalized spacial score (nSPS) is 10.6. The van der Waals surface area contributed by atoms with Gasteiger partial charge in [0, 0.05) is 71.6 Å². The van der Waals surface area contributed by atoms with Crippen molar-refractivity contribution in [2.45, 2.75) is 0 Å². The molecule has 0 atom stereocenters. The summed E-state index contributed by atoms with van der Waals surface area (Å²) in [5.74, 6) is 1.16. The molecule has 0 N–H and O–H groups in total. The monoisotopic (exact) mass is 1320 g/mol. The van der Waals surface area contributed by atoms with E-state index < -0.39 is 0 Å². The number of hydrogen-bond acceptors (Lipinski definition) is 15. The van der Waals surface area contributed by atoms with E-state index in [-0.39, 0.29) is 66.8 Å². The molecule has 0 saturated heterocycles. The zero-order chi connectivity index (χ0) is 71.9. The maximum Gasteiger partial charge on any atom is 0.164 e. The van der Waals surface area contributed by atoms with E-state index in [0.717, 1.165) is 11.1 Å². The van der Waals surface area contributed by atoms with Crippen molar-refractivity contribution in [1.29, 1.82) is 63.1 Å². The molecule has 0 radical (unpaired) electrons. The van der Waals surface area contributed by atoms with E-state index in [9.17, 15) is 63.1 Å². The molecule has 0 saturated carbocycles. The predicted octanol–water partition coefficient (Wildman–Crippen LogP) is 17.9. The minimum atomic E-state index is 0.0941. The van der Waals surface area contributed by atoms with Gasteiger partial charge in [0.15, 0.2) is 17.5 Å². The zero-order valence-corrected chi connectivity index (χ0v) is 54.0. The van der Waals surface area contributed by atoms with E-state index in [1.54, 1.807) is 0 Å². The minimum absolute atomic E-state index is 0.0941. The molecule has 0 fully saturated rings. The molecule has 104 heavy (non-hydrogen) atoms. The fraction of sp³-hybridized carbons (Fsp3) is 0. The number of rotatable bonds is 10. The van der Waals surface area contributed by atoms with Crippen LogP contribution in [0, 0.1) is 136 Å². The van der Waals surface area contributed by atoms with Crippen LogP contribution in [0.3, 0.4) is 0 Å². The highest BCUT2D eigenvalue weighted by atomic mass is 15.0. The van der Waals surface area contributed by atoms with Crippen LogP contribution in [0.15, 0.2) is 224 Å². The van der Waals surface area contributed by atoms with Gasteiger partial charge in [0.25, 0.3) is 0 Å². The van der Waals surface area contributed by atoms with Gasteiger partial charge in [-0.25, -0.2) is 15.0 Å². The SMILES string of the molecule is N#Cc1cc(C#N)c(-c2ccc3c(c2)c2cc(-c4c(C#N)cc(C#N)cc4C#N)ccc2n3-c2ccccc2-c2cc(-c3nc(-c4ccccc4)nc(-c4ccccc4)n3)ccc2-n2c3ccc(-c4c(C#N)cc(C#N)cc4C#N)cc3c3cc(-c4c(C#N)cc(C#N)cc4C#N)ccc32)c(C#N)c1. The summed E-state index contributed by atoms with van der Waals surface area (Å²) in [5.41, 5.74) is 11.5. The smallest absolute Gasteiger partial charge is 0.164 e. The quantitative estimate of drug-likeness (QED) is 0.123. The standard InChI is InChI=1S/C87H37N17/c88-38-50-25-61(42-92)81(62(26-50)43-93)56-15-20-77-71(33-56)72-34-57(82-63(44-94)27-51(39-89)28-64(82)45-95)16-21-78(72)103(77)75-14-8-7-13-69(75)70-37-60(87-101-85(54-9-3-1-4-10-54)100-86(102-87)55-11-5-2-6-12-55)19-24-76(70)104-79-22-17-58(83-65(46-96)29-52(40-90)30-66(83)47-97)35-73(79)74-36-59(18-23-80(74)104)84-67(48-98)31-53(41-91)32-68(84)49-99/h1-37H. The fourth-order valence-electron chi connectivity index (χ4n) is 13.9. The van der Waals surface area contributed by atoms with Gasteiger partial charge >= 0.3 is 0 Å². The molecule has 0 aliphatic heterocycles. The molecular formula is C87H37N17. The number of para-hydroxylation sites is 1. The first-order valence-electron chi connectivity index (χ1n) is 31.8. The van der Waals surface area contributed by atoms with Crippen LogP contribution in [-0.4, -0.2) is 24.1 Å². The third-order valence-corrected chi connectivity index (χ3v) is 18.3. The van der Waals surface area contributed by atoms with Crippen LogP contribution in [0.1, 0.15) is 66.8 Å². The van der Waals surface area contributed by atoms with Crippen molar-refractivity contribution in [1.82, 2.24) is 24.1 Å². The fourth-order valence-corrected chi connectivity index (χ4v) is 13.9. The lowest BCUT2D eigenvalue weighted by Gasteiger charge is -2.20. The second kappa shape index (κ2) is 25.9. The van der Waals surface area contributed by atoms with Crippen LogP contribution >= 0.6 is 0 Å². The average Bonchev–Trinajstić information content (AvgIpc) is 1.56. The Morgan fingerprint density at radius 1 is 0.212 bits per heavy atom. The van der Waals surface area contributed by atoms with Crippen molar-refractivity contribution in [3.8, 4) is 174 Å². The molecule has 15 aromatic rings. The van der Waals surface area contributed by atoms with E-state index >= 15 is 0 Å². The molecule has 0 bridgehead atoms. The number of nitrogens with zero attached hydrogens (tertiary/aromatic N) is 17. The second-order valence-corrected chi connectivity index (χ2v) is 24.0. The van der Waals surface area contributed by atoms with Gasteiger partial charge < -0.3 is 9.13 Å². The van der Waals surface area contributed by atoms with E-state index in [1.165, 1.54) is 48.5 Å². The van der Waals surface area contributed by atoms with Crippen LogP contribution in [0.5, 0.6) is 0 Å². The summed E-state index contributed by atoms with van der Waals surface area (Å²) < 4.78 is 4.16. The second-order valence-electron chi connectivity index (χ2n) is 24.0. The molecule has 12 aromatic carbocycles. The van der Waals surface area contributed by atoms with Crippen molar-refractivity contribution in [3.63, 3.8) is 0 Å². The van der Waals surface area contributed by atoms with Gasteiger partial charge in [-0.05, 0) is 144 Å². The third-order valence-electron chi connectivity index (χ3n) is 18.3. The van der Waals surface area contributed by atoms with E-state index in [2.05, 4.69) is 82.0 Å². The molecule has 0 unspecified atom stereocenters. The number of benzene rings is 12. The molecular weight excluding hydrogens is 1280 g/mol. The summed E-state index contributed by atoms with van der Waals surface area (Å²) in [6, 6.07) is 92.5. The lowest BCUT2D eigenvalue weighted by molar-refractivity contribution is 1.07. The van der Waals surface area contributed by atoms with Gasteiger partial charge in [-0.2, -0.15) is 63.1 Å². The molecule has 17 heteroatoms. The van der Waals surface area contributed by atoms with Gasteiger partial charge in [0.2, 0.25) is 0 Å². The molecule has 0 aliphatic rings. The average molecular weight is 1320 g/mol. The summed E-state index contributed by atoms with van der Waals surface area (Å²) in [7, 11) is 0. The molecule has 470 valence electrons. The lowest BCUT2D eigenvalue weighted by Crippen LogP contribution is -2.03. The highest BCUT2D eigenvalue weighted by molar-refractivity contribution is 6.15. The zero-order valence-electron chi connectivity index (χ0n) is 54.0. The molecule has 3 aromatic heterocycles. The van der Waals surface area contributed by atoms with Crippen molar-refractivity contribution >= 4 is 43.6 Å². The van der Waals surface area contributed by atoms with Crippen molar-refractivity contribution in [3.05, 3.63) is 291 Å². The Morgan fingerprint density at radius 2 is 0.471 bits per heavy atom. The van der Waals surface area contributed by atoms with E-state index in [0.29, 0.717) is 134 Å². The van der Waals surface area contributed by atoms with Crippen LogP contribution in [0.25, 0.3) is 145 Å². The maximum atomic E-state index is 10.7. The number of hydrogen-bond donors (Lipinski definition) is 0. The number of fused-ring (bicyclic) bond motifs is 6. The van der Waals surface area contributed by atoms with Crippen molar-refractivity contribution in [2.24, 2.45) is 0 Å². The summed E-state index contributed by atoms with van der Waals surface area (Å²) in [4.78, 5) is 15.4. The van der Waals surface area contributed by atoms with E-state index in [4.69, 9.17) is 15.0 Å². The van der Waals surface area contributed by atoms with Gasteiger partial charge in [0.05, 0.1) is 173 Å². The Bertz CT molecular complexity index is 6390. The van der Waals surface area contributed by atoms with Crippen LogP contribution < -0.4 is 0 Å². The first-order valence-corrected chi connectivity index (χ1v) is 31.8. The molecule has 0 spiro atoms. The molecule has 15 rings (SSSR count). The molecule has 17 nitrogen and oxygen atoms in total. The summed E-state index contributed by atoms with van der Waals surface area (Å²) in [5, 5.41) is 128. The van der Waals surface area contributed by atoms with E-state index in [1.807, 2.05) is 176 Å². The van der Waals surface area contributed by atoms with Crippen LogP contribution in [-0.2, 0) is 0 Å². The topological polar surface area (TPSA) is 334 Å². The Hall–Kier alpha value is -16.9. The summed E-state index contributed by atoms with van der Waals surface area (Å²) >= 11 is 0. The lowest BCUT2D eigenvalue weighted by atomic mass is 9.91. The van der Waals surface area contributed by atoms with Crippen molar-refractivity contribution < 1.29 is 0 Å².